The molecular weight excluding hydrogens is 224 g/mol. The van der Waals surface area contributed by atoms with Gasteiger partial charge in [0.05, 0.1) is 6.21 Å². The van der Waals surface area contributed by atoms with Gasteiger partial charge < -0.3 is 11.5 Å². The summed E-state index contributed by atoms with van der Waals surface area (Å²) in [5.74, 6) is -0.0311. The summed E-state index contributed by atoms with van der Waals surface area (Å²) < 4.78 is 0. The van der Waals surface area contributed by atoms with Gasteiger partial charge in [0.15, 0.2) is 10.9 Å². The van der Waals surface area contributed by atoms with Gasteiger partial charge in [-0.15, -0.1) is 0 Å². The lowest BCUT2D eigenvalue weighted by atomic mass is 10.1. The molecule has 1 aromatic carbocycles. The number of rotatable bonds is 3. The number of benzene rings is 1. The highest BCUT2D eigenvalue weighted by atomic mass is 32.1. The number of hydrogen-bond acceptors (Lipinski definition) is 4. The van der Waals surface area contributed by atoms with E-state index in [1.165, 1.54) is 13.1 Å². The number of hydrazone groups is 1. The number of nitrogens with zero attached hydrogens (tertiary/aromatic N) is 1. The van der Waals surface area contributed by atoms with Gasteiger partial charge in [0.2, 0.25) is 0 Å². The Kier molecular flexibility index (Phi) is 3.96. The first-order valence-corrected chi connectivity index (χ1v) is 4.90. The second kappa shape index (κ2) is 5.22. The molecule has 0 heterocycles. The molecule has 16 heavy (non-hydrogen) atoms. The van der Waals surface area contributed by atoms with Crippen LogP contribution in [0.1, 0.15) is 22.8 Å². The van der Waals surface area contributed by atoms with Crippen LogP contribution in [-0.2, 0) is 0 Å². The van der Waals surface area contributed by atoms with Crippen molar-refractivity contribution in [2.45, 2.75) is 6.92 Å². The number of thiocarbonyl (C=S) groups is 1. The summed E-state index contributed by atoms with van der Waals surface area (Å²) in [4.78, 5) is 11.1. The van der Waals surface area contributed by atoms with Crippen molar-refractivity contribution in [1.29, 1.82) is 0 Å². The number of Topliss-reactive ketones (excluding diaryl/α,β-unsaturated/α-hetero) is 1. The van der Waals surface area contributed by atoms with E-state index >= 15 is 0 Å². The maximum Gasteiger partial charge on any atom is 0.184 e. The number of carbonyl (C=O) groups is 1. The number of anilines is 1. The monoisotopic (exact) mass is 236 g/mol. The van der Waals surface area contributed by atoms with Gasteiger partial charge >= 0.3 is 0 Å². The molecule has 5 N–H and O–H groups in total. The highest BCUT2D eigenvalue weighted by molar-refractivity contribution is 7.80. The Morgan fingerprint density at radius 3 is 2.75 bits per heavy atom. The Morgan fingerprint density at radius 2 is 2.25 bits per heavy atom. The average molecular weight is 236 g/mol. The van der Waals surface area contributed by atoms with E-state index in [1.54, 1.807) is 18.2 Å². The first-order chi connectivity index (χ1) is 7.50. The van der Waals surface area contributed by atoms with Crippen molar-refractivity contribution in [2.24, 2.45) is 10.8 Å². The minimum absolute atomic E-state index is 0.0311. The predicted octanol–water partition coefficient (Wildman–Crippen LogP) is 0.638. The largest absolute Gasteiger partial charge is 0.398 e. The Labute approximate surface area is 98.5 Å². The van der Waals surface area contributed by atoms with E-state index in [4.69, 9.17) is 11.5 Å². The van der Waals surface area contributed by atoms with Crippen LogP contribution in [0.2, 0.25) is 0 Å². The van der Waals surface area contributed by atoms with Gasteiger partial charge in [-0.2, -0.15) is 5.10 Å². The molecule has 0 aliphatic rings. The van der Waals surface area contributed by atoms with Gasteiger partial charge in [0.25, 0.3) is 0 Å². The van der Waals surface area contributed by atoms with Crippen molar-refractivity contribution in [3.63, 3.8) is 0 Å². The van der Waals surface area contributed by atoms with Crippen molar-refractivity contribution in [3.05, 3.63) is 29.3 Å². The van der Waals surface area contributed by atoms with Gasteiger partial charge in [-0.1, -0.05) is 12.1 Å². The average Bonchev–Trinajstić information content (AvgIpc) is 2.19. The van der Waals surface area contributed by atoms with Gasteiger partial charge in [-0.25, -0.2) is 0 Å². The standard InChI is InChI=1S/C10H12N4OS/c1-6(15)7-2-3-8(9(11)4-7)5-13-14-10(12)16/h2-5H,11H2,1H3,(H3,12,14,16)/b13-5+. The molecule has 6 heteroatoms. The summed E-state index contributed by atoms with van der Waals surface area (Å²) in [5.41, 5.74) is 15.1. The third-order valence-corrected chi connectivity index (χ3v) is 1.96. The predicted molar refractivity (Wildman–Crippen MR) is 68.4 cm³/mol. The van der Waals surface area contributed by atoms with Crippen LogP contribution in [0.25, 0.3) is 0 Å². The molecule has 0 saturated heterocycles. The van der Waals surface area contributed by atoms with Gasteiger partial charge in [-0.3, -0.25) is 10.2 Å². The van der Waals surface area contributed by atoms with E-state index in [9.17, 15) is 4.79 Å². The third-order valence-electron chi connectivity index (χ3n) is 1.87. The molecule has 0 aliphatic heterocycles. The highest BCUT2D eigenvalue weighted by Gasteiger charge is 2.02. The first kappa shape index (κ1) is 12.1. The fraction of sp³-hybridized carbons (Fsp3) is 0.100. The fourth-order valence-corrected chi connectivity index (χ4v) is 1.13. The number of ketones is 1. The van der Waals surface area contributed by atoms with E-state index in [0.717, 1.165) is 0 Å². The van der Waals surface area contributed by atoms with Crippen molar-refractivity contribution < 1.29 is 4.79 Å². The van der Waals surface area contributed by atoms with Gasteiger partial charge in [0, 0.05) is 16.8 Å². The summed E-state index contributed by atoms with van der Waals surface area (Å²) in [7, 11) is 0. The first-order valence-electron chi connectivity index (χ1n) is 4.49. The lowest BCUT2D eigenvalue weighted by Gasteiger charge is -2.02. The summed E-state index contributed by atoms with van der Waals surface area (Å²) >= 11 is 4.58. The maximum absolute atomic E-state index is 11.1. The fourth-order valence-electron chi connectivity index (χ4n) is 1.08. The molecule has 0 aromatic heterocycles. The quantitative estimate of drug-likeness (QED) is 0.235. The second-order valence-corrected chi connectivity index (χ2v) is 3.57. The molecule has 5 nitrogen and oxygen atoms in total. The molecule has 1 aromatic rings. The molecule has 0 spiro atoms. The van der Waals surface area contributed by atoms with Crippen LogP contribution >= 0.6 is 12.2 Å². The van der Waals surface area contributed by atoms with E-state index in [-0.39, 0.29) is 10.9 Å². The number of nitrogens with two attached hydrogens (primary N) is 2. The van der Waals surface area contributed by atoms with Crippen molar-refractivity contribution >= 4 is 35.0 Å². The maximum atomic E-state index is 11.1. The molecule has 0 saturated carbocycles. The topological polar surface area (TPSA) is 93.5 Å². The van der Waals surface area contributed by atoms with Crippen LogP contribution in [-0.4, -0.2) is 17.1 Å². The van der Waals surface area contributed by atoms with Crippen LogP contribution in [0.15, 0.2) is 23.3 Å². The number of nitrogen functional groups attached to an aromatic ring is 1. The zero-order valence-electron chi connectivity index (χ0n) is 8.73. The van der Waals surface area contributed by atoms with Crippen molar-refractivity contribution in [2.75, 3.05) is 5.73 Å². The SMILES string of the molecule is CC(=O)c1ccc(/C=N/NC(N)=S)c(N)c1. The Balaban J connectivity index is 2.87. The highest BCUT2D eigenvalue weighted by Crippen LogP contribution is 2.12. The molecule has 0 amide bonds. The van der Waals surface area contributed by atoms with E-state index in [2.05, 4.69) is 22.7 Å². The number of hydrogen-bond donors (Lipinski definition) is 3. The van der Waals surface area contributed by atoms with Gasteiger partial charge in [-0.05, 0) is 25.2 Å². The van der Waals surface area contributed by atoms with Crippen molar-refractivity contribution in [1.82, 2.24) is 5.43 Å². The summed E-state index contributed by atoms with van der Waals surface area (Å²) in [6.07, 6.45) is 1.48. The molecule has 0 radical (unpaired) electrons. The Morgan fingerprint density at radius 1 is 1.56 bits per heavy atom. The summed E-state index contributed by atoms with van der Waals surface area (Å²) in [6.45, 7) is 1.48. The van der Waals surface area contributed by atoms with E-state index in [1.807, 2.05) is 0 Å². The van der Waals surface area contributed by atoms with E-state index in [0.29, 0.717) is 16.8 Å². The number of carbonyl (C=O) groups excluding carboxylic acids is 1. The lowest BCUT2D eigenvalue weighted by molar-refractivity contribution is 0.101. The van der Waals surface area contributed by atoms with Crippen LogP contribution < -0.4 is 16.9 Å². The van der Waals surface area contributed by atoms with E-state index < -0.39 is 0 Å². The molecule has 0 bridgehead atoms. The summed E-state index contributed by atoms with van der Waals surface area (Å²) in [6, 6.07) is 4.99. The Hall–Kier alpha value is -1.95. The van der Waals surface area contributed by atoms with Crippen LogP contribution in [0.3, 0.4) is 0 Å². The smallest absolute Gasteiger partial charge is 0.184 e. The minimum atomic E-state index is -0.0311. The summed E-state index contributed by atoms with van der Waals surface area (Å²) in [5, 5.41) is 3.85. The zero-order valence-corrected chi connectivity index (χ0v) is 9.54. The van der Waals surface area contributed by atoms with Crippen LogP contribution in [0.5, 0.6) is 0 Å². The molecule has 1 rings (SSSR count). The second-order valence-electron chi connectivity index (χ2n) is 3.13. The number of nitrogens with one attached hydrogen (secondary N) is 1. The molecule has 0 aliphatic carbocycles. The molecule has 0 atom stereocenters. The minimum Gasteiger partial charge on any atom is -0.398 e. The lowest BCUT2D eigenvalue weighted by Crippen LogP contribution is -2.24. The normalized spacial score (nSPS) is 10.3. The molecule has 0 fully saturated rings. The van der Waals surface area contributed by atoms with Crippen LogP contribution in [0, 0.1) is 0 Å². The zero-order chi connectivity index (χ0) is 12.1. The van der Waals surface area contributed by atoms with Crippen LogP contribution in [0.4, 0.5) is 5.69 Å². The third kappa shape index (κ3) is 3.32. The molecular formula is C10H12N4OS. The Bertz CT molecular complexity index is 456. The molecule has 84 valence electrons. The van der Waals surface area contributed by atoms with Gasteiger partial charge in [0.1, 0.15) is 0 Å². The molecule has 0 unspecified atom stereocenters. The van der Waals surface area contributed by atoms with Crippen molar-refractivity contribution in [3.8, 4) is 0 Å².